The normalized spacial score (nSPS) is 11.0. The molecule has 0 saturated heterocycles. The number of primary amides is 1. The Balaban J connectivity index is 2.48. The van der Waals surface area contributed by atoms with E-state index in [2.05, 4.69) is 29.9 Å². The first-order chi connectivity index (χ1) is 10.0. The van der Waals surface area contributed by atoms with Crippen LogP contribution >= 0.6 is 22.9 Å². The van der Waals surface area contributed by atoms with Crippen molar-refractivity contribution < 1.29 is 4.79 Å². The van der Waals surface area contributed by atoms with Crippen LogP contribution < -0.4 is 10.6 Å². The van der Waals surface area contributed by atoms with E-state index in [1.807, 2.05) is 4.90 Å². The highest BCUT2D eigenvalue weighted by molar-refractivity contribution is 7.18. The maximum Gasteiger partial charge on any atom is 0.236 e. The van der Waals surface area contributed by atoms with Crippen LogP contribution in [0.25, 0.3) is 10.2 Å². The Morgan fingerprint density at radius 1 is 1.43 bits per heavy atom. The molecule has 114 valence electrons. The van der Waals surface area contributed by atoms with Crippen molar-refractivity contribution >= 4 is 44.9 Å². The number of rotatable bonds is 7. The number of halogens is 1. The zero-order valence-electron chi connectivity index (χ0n) is 12.2. The molecule has 0 bridgehead atoms. The van der Waals surface area contributed by atoms with E-state index in [1.165, 1.54) is 4.88 Å². The lowest BCUT2D eigenvalue weighted by atomic mass is 10.2. The average Bonchev–Trinajstić information content (AvgIpc) is 2.85. The van der Waals surface area contributed by atoms with Gasteiger partial charge in [-0.2, -0.15) is 4.98 Å². The Labute approximate surface area is 133 Å². The Kier molecular flexibility index (Phi) is 5.36. The zero-order valence-corrected chi connectivity index (χ0v) is 13.8. The van der Waals surface area contributed by atoms with E-state index in [1.54, 1.807) is 11.3 Å². The standard InChI is InChI=1S/C14H19ClN4OS/c1-3-5-6-19(8-11(16)20)12-10-7-9(4-2)21-13(10)18-14(15)17-12/h7H,3-6,8H2,1-2H3,(H2,16,20). The first kappa shape index (κ1) is 16.0. The third kappa shape index (κ3) is 3.83. The molecule has 2 heterocycles. The summed E-state index contributed by atoms with van der Waals surface area (Å²) in [5.74, 6) is 0.327. The van der Waals surface area contributed by atoms with Crippen LogP contribution in [0.4, 0.5) is 5.82 Å². The number of carbonyl (C=O) groups is 1. The molecule has 2 aromatic heterocycles. The fourth-order valence-corrected chi connectivity index (χ4v) is 3.32. The van der Waals surface area contributed by atoms with E-state index in [4.69, 9.17) is 17.3 Å². The Bertz CT molecular complexity index is 643. The van der Waals surface area contributed by atoms with Crippen LogP contribution in [0, 0.1) is 0 Å². The highest BCUT2D eigenvalue weighted by atomic mass is 35.5. The fourth-order valence-electron chi connectivity index (χ4n) is 2.14. The minimum absolute atomic E-state index is 0.139. The lowest BCUT2D eigenvalue weighted by molar-refractivity contribution is -0.116. The molecular weight excluding hydrogens is 308 g/mol. The van der Waals surface area contributed by atoms with Crippen molar-refractivity contribution in [3.8, 4) is 0 Å². The summed E-state index contributed by atoms with van der Waals surface area (Å²) in [4.78, 5) is 23.9. The zero-order chi connectivity index (χ0) is 15.4. The Morgan fingerprint density at radius 3 is 2.81 bits per heavy atom. The van der Waals surface area contributed by atoms with E-state index in [-0.39, 0.29) is 17.7 Å². The number of anilines is 1. The molecule has 0 aliphatic heterocycles. The molecule has 2 N–H and O–H groups in total. The largest absolute Gasteiger partial charge is 0.368 e. The molecule has 5 nitrogen and oxygen atoms in total. The van der Waals surface area contributed by atoms with Gasteiger partial charge in [-0.1, -0.05) is 20.3 Å². The third-order valence-electron chi connectivity index (χ3n) is 3.17. The highest BCUT2D eigenvalue weighted by Crippen LogP contribution is 2.32. The van der Waals surface area contributed by atoms with E-state index < -0.39 is 0 Å². The molecular formula is C14H19ClN4OS. The SMILES string of the molecule is CCCCN(CC(N)=O)c1nc(Cl)nc2sc(CC)cc12. The smallest absolute Gasteiger partial charge is 0.236 e. The van der Waals surface area contributed by atoms with Crippen molar-refractivity contribution in [2.75, 3.05) is 18.0 Å². The second-order valence-corrected chi connectivity index (χ2v) is 6.30. The van der Waals surface area contributed by atoms with Crippen molar-refractivity contribution in [2.24, 2.45) is 5.73 Å². The Morgan fingerprint density at radius 2 is 2.19 bits per heavy atom. The lowest BCUT2D eigenvalue weighted by Gasteiger charge is -2.22. The number of amides is 1. The average molecular weight is 327 g/mol. The van der Waals surface area contributed by atoms with E-state index >= 15 is 0 Å². The van der Waals surface area contributed by atoms with Gasteiger partial charge in [0.05, 0.1) is 11.9 Å². The maximum absolute atomic E-state index is 11.3. The second kappa shape index (κ2) is 7.04. The van der Waals surface area contributed by atoms with Crippen molar-refractivity contribution in [2.45, 2.75) is 33.1 Å². The predicted octanol–water partition coefficient (Wildman–Crippen LogP) is 3.00. The number of thiophene rings is 1. The van der Waals surface area contributed by atoms with E-state index in [0.29, 0.717) is 5.82 Å². The number of aromatic nitrogens is 2. The minimum Gasteiger partial charge on any atom is -0.368 e. The molecule has 0 unspecified atom stereocenters. The van der Waals surface area contributed by atoms with Gasteiger partial charge in [-0.15, -0.1) is 11.3 Å². The number of nitrogens with zero attached hydrogens (tertiary/aromatic N) is 3. The van der Waals surface area contributed by atoms with Crippen LogP contribution in [0.3, 0.4) is 0 Å². The molecule has 0 radical (unpaired) electrons. The number of fused-ring (bicyclic) bond motifs is 1. The molecule has 0 atom stereocenters. The molecule has 0 aromatic carbocycles. The van der Waals surface area contributed by atoms with Crippen LogP contribution in [0.5, 0.6) is 0 Å². The summed E-state index contributed by atoms with van der Waals surface area (Å²) in [6.45, 7) is 5.06. The van der Waals surface area contributed by atoms with Crippen molar-refractivity contribution in [3.63, 3.8) is 0 Å². The third-order valence-corrected chi connectivity index (χ3v) is 4.51. The van der Waals surface area contributed by atoms with E-state index in [0.717, 1.165) is 36.0 Å². The molecule has 0 spiro atoms. The monoisotopic (exact) mass is 326 g/mol. The molecule has 2 rings (SSSR count). The van der Waals surface area contributed by atoms with Crippen molar-refractivity contribution in [1.29, 1.82) is 0 Å². The first-order valence-corrected chi connectivity index (χ1v) is 8.23. The van der Waals surface area contributed by atoms with Gasteiger partial charge in [-0.25, -0.2) is 4.98 Å². The highest BCUT2D eigenvalue weighted by Gasteiger charge is 2.17. The van der Waals surface area contributed by atoms with Crippen molar-refractivity contribution in [3.05, 3.63) is 16.2 Å². The predicted molar refractivity (Wildman–Crippen MR) is 88.1 cm³/mol. The van der Waals surface area contributed by atoms with Crippen LogP contribution in [-0.2, 0) is 11.2 Å². The number of unbranched alkanes of at least 4 members (excludes halogenated alkanes) is 1. The number of aryl methyl sites for hydroxylation is 1. The Hall–Kier alpha value is -1.40. The number of nitrogens with two attached hydrogens (primary N) is 1. The first-order valence-electron chi connectivity index (χ1n) is 7.04. The molecule has 1 amide bonds. The van der Waals surface area contributed by atoms with Gasteiger partial charge >= 0.3 is 0 Å². The summed E-state index contributed by atoms with van der Waals surface area (Å²) < 4.78 is 0. The van der Waals surface area contributed by atoms with Gasteiger partial charge in [0.25, 0.3) is 0 Å². The molecule has 2 aromatic rings. The molecule has 0 aliphatic rings. The second-order valence-electron chi connectivity index (χ2n) is 4.84. The summed E-state index contributed by atoms with van der Waals surface area (Å²) in [5.41, 5.74) is 5.36. The molecule has 7 heteroatoms. The quantitative estimate of drug-likeness (QED) is 0.794. The molecule has 0 saturated carbocycles. The van der Waals surface area contributed by atoms with Crippen LogP contribution in [0.1, 0.15) is 31.6 Å². The molecule has 0 aliphatic carbocycles. The van der Waals surface area contributed by atoms with Crippen molar-refractivity contribution in [1.82, 2.24) is 9.97 Å². The number of hydrogen-bond donors (Lipinski definition) is 1. The van der Waals surface area contributed by atoms with Gasteiger partial charge in [0, 0.05) is 11.4 Å². The summed E-state index contributed by atoms with van der Waals surface area (Å²) in [6, 6.07) is 2.08. The minimum atomic E-state index is -0.375. The van der Waals surface area contributed by atoms with Crippen LogP contribution in [0.15, 0.2) is 6.07 Å². The molecule has 0 fully saturated rings. The fraction of sp³-hybridized carbons (Fsp3) is 0.500. The van der Waals surface area contributed by atoms with Gasteiger partial charge in [0.15, 0.2) is 0 Å². The summed E-state index contributed by atoms with van der Waals surface area (Å²) >= 11 is 7.64. The maximum atomic E-state index is 11.3. The van der Waals surface area contributed by atoms with Gasteiger partial charge < -0.3 is 10.6 Å². The van der Waals surface area contributed by atoms with E-state index in [9.17, 15) is 4.79 Å². The topological polar surface area (TPSA) is 72.1 Å². The van der Waals surface area contributed by atoms with Gasteiger partial charge in [-0.05, 0) is 30.5 Å². The van der Waals surface area contributed by atoms with Gasteiger partial charge in [0.2, 0.25) is 11.2 Å². The molecule has 21 heavy (non-hydrogen) atoms. The van der Waals surface area contributed by atoms with Gasteiger partial charge in [-0.3, -0.25) is 4.79 Å². The number of carbonyl (C=O) groups excluding carboxylic acids is 1. The van der Waals surface area contributed by atoms with Crippen LogP contribution in [-0.4, -0.2) is 29.0 Å². The summed E-state index contributed by atoms with van der Waals surface area (Å²) in [5, 5.41) is 1.14. The lowest BCUT2D eigenvalue weighted by Crippen LogP contribution is -2.35. The van der Waals surface area contributed by atoms with Gasteiger partial charge in [0.1, 0.15) is 10.6 Å². The summed E-state index contributed by atoms with van der Waals surface area (Å²) in [7, 11) is 0. The van der Waals surface area contributed by atoms with Crippen LogP contribution in [0.2, 0.25) is 5.28 Å². The number of hydrogen-bond acceptors (Lipinski definition) is 5. The summed E-state index contributed by atoms with van der Waals surface area (Å²) in [6.07, 6.45) is 2.92.